The van der Waals surface area contributed by atoms with E-state index in [9.17, 15) is 4.79 Å². The molecular formula is C8H11N3O. The fourth-order valence-electron chi connectivity index (χ4n) is 0.842. The highest BCUT2D eigenvalue weighted by Gasteiger charge is 1.95. The molecule has 4 nitrogen and oxygen atoms in total. The first kappa shape index (κ1) is 8.39. The maximum Gasteiger partial charge on any atom is 0.330 e. The molecule has 2 amide bonds. The number of hydrogen-bond acceptors (Lipinski definition) is 2. The Balaban J connectivity index is 2.63. The second-order valence-corrected chi connectivity index (χ2v) is 2.43. The average molecular weight is 165 g/mol. The van der Waals surface area contributed by atoms with Crippen LogP contribution in [0.15, 0.2) is 24.3 Å². The second kappa shape index (κ2) is 3.61. The molecule has 0 aliphatic rings. The third-order valence-electron chi connectivity index (χ3n) is 1.47. The molecule has 0 heterocycles. The summed E-state index contributed by atoms with van der Waals surface area (Å²) in [5.41, 5.74) is 11.7. The summed E-state index contributed by atoms with van der Waals surface area (Å²) < 4.78 is 0. The van der Waals surface area contributed by atoms with Gasteiger partial charge in [0, 0.05) is 0 Å². The second-order valence-electron chi connectivity index (χ2n) is 2.43. The minimum absolute atomic E-state index is 0.599. The maximum atomic E-state index is 10.3. The number of hydrazine groups is 1. The smallest absolute Gasteiger partial charge is 0.330 e. The van der Waals surface area contributed by atoms with Crippen molar-refractivity contribution in [1.82, 2.24) is 5.43 Å². The first-order valence-electron chi connectivity index (χ1n) is 3.57. The summed E-state index contributed by atoms with van der Waals surface area (Å²) in [6, 6.07) is 6.98. The predicted molar refractivity (Wildman–Crippen MR) is 47.5 cm³/mol. The monoisotopic (exact) mass is 165 g/mol. The lowest BCUT2D eigenvalue weighted by Gasteiger charge is -2.07. The third-order valence-corrected chi connectivity index (χ3v) is 1.47. The number of benzene rings is 1. The fourth-order valence-corrected chi connectivity index (χ4v) is 0.842. The van der Waals surface area contributed by atoms with Crippen molar-refractivity contribution >= 4 is 11.7 Å². The van der Waals surface area contributed by atoms with Crippen LogP contribution >= 0.6 is 0 Å². The Morgan fingerprint density at radius 3 is 2.67 bits per heavy atom. The zero-order chi connectivity index (χ0) is 8.97. The Labute approximate surface area is 70.7 Å². The van der Waals surface area contributed by atoms with Gasteiger partial charge < -0.3 is 5.73 Å². The number of nitrogens with one attached hydrogen (secondary N) is 2. The Kier molecular flexibility index (Phi) is 2.53. The molecule has 1 aromatic rings. The highest BCUT2D eigenvalue weighted by atomic mass is 16.2. The van der Waals surface area contributed by atoms with E-state index in [0.717, 1.165) is 11.3 Å². The van der Waals surface area contributed by atoms with E-state index in [-0.39, 0.29) is 0 Å². The first-order valence-corrected chi connectivity index (χ1v) is 3.57. The van der Waals surface area contributed by atoms with E-state index in [0.29, 0.717) is 0 Å². The number of anilines is 1. The maximum absolute atomic E-state index is 10.3. The molecule has 0 fully saturated rings. The number of hydrogen-bond donors (Lipinski definition) is 3. The Morgan fingerprint density at radius 2 is 2.08 bits per heavy atom. The molecule has 0 spiro atoms. The standard InChI is InChI=1S/C8H11N3O/c1-6-4-2-3-5-7(6)10-11-8(9)12/h2-5,10H,1H3,(H3,9,11,12). The Bertz CT molecular complexity index is 285. The number of nitrogens with two attached hydrogens (primary N) is 1. The van der Waals surface area contributed by atoms with Gasteiger partial charge in [0.25, 0.3) is 0 Å². The number of para-hydroxylation sites is 1. The minimum Gasteiger partial charge on any atom is -0.350 e. The molecule has 0 aromatic heterocycles. The average Bonchev–Trinajstić information content (AvgIpc) is 2.03. The molecule has 64 valence electrons. The normalized spacial score (nSPS) is 9.08. The topological polar surface area (TPSA) is 67.2 Å². The summed E-state index contributed by atoms with van der Waals surface area (Å²) in [4.78, 5) is 10.3. The molecular weight excluding hydrogens is 154 g/mol. The molecule has 0 aliphatic carbocycles. The van der Waals surface area contributed by atoms with Crippen molar-refractivity contribution in [2.75, 3.05) is 5.43 Å². The summed E-state index contributed by atoms with van der Waals surface area (Å²) in [6.07, 6.45) is 0. The van der Waals surface area contributed by atoms with E-state index in [4.69, 9.17) is 5.73 Å². The molecule has 0 radical (unpaired) electrons. The zero-order valence-electron chi connectivity index (χ0n) is 6.79. The summed E-state index contributed by atoms with van der Waals surface area (Å²) in [5.74, 6) is 0. The molecule has 0 saturated carbocycles. The highest BCUT2D eigenvalue weighted by molar-refractivity contribution is 5.73. The highest BCUT2D eigenvalue weighted by Crippen LogP contribution is 2.10. The van der Waals surface area contributed by atoms with Crippen molar-refractivity contribution in [3.8, 4) is 0 Å². The van der Waals surface area contributed by atoms with Crippen LogP contribution in [0.2, 0.25) is 0 Å². The van der Waals surface area contributed by atoms with E-state index in [1.54, 1.807) is 0 Å². The fraction of sp³-hybridized carbons (Fsp3) is 0.125. The van der Waals surface area contributed by atoms with Crippen molar-refractivity contribution in [1.29, 1.82) is 0 Å². The van der Waals surface area contributed by atoms with Gasteiger partial charge in [0.15, 0.2) is 0 Å². The van der Waals surface area contributed by atoms with Crippen molar-refractivity contribution in [2.24, 2.45) is 5.73 Å². The van der Waals surface area contributed by atoms with E-state index < -0.39 is 6.03 Å². The predicted octanol–water partition coefficient (Wildman–Crippen LogP) is 0.990. The molecule has 0 bridgehead atoms. The van der Waals surface area contributed by atoms with Gasteiger partial charge >= 0.3 is 6.03 Å². The van der Waals surface area contributed by atoms with Crippen LogP contribution in [-0.2, 0) is 0 Å². The van der Waals surface area contributed by atoms with Crippen molar-refractivity contribution in [3.63, 3.8) is 0 Å². The summed E-state index contributed by atoms with van der Waals surface area (Å²) >= 11 is 0. The van der Waals surface area contributed by atoms with Gasteiger partial charge in [-0.25, -0.2) is 4.79 Å². The molecule has 1 aromatic carbocycles. The SMILES string of the molecule is Cc1ccccc1NNC(N)=O. The molecule has 4 N–H and O–H groups in total. The molecule has 4 heteroatoms. The van der Waals surface area contributed by atoms with Crippen LogP contribution < -0.4 is 16.6 Å². The van der Waals surface area contributed by atoms with Crippen molar-refractivity contribution < 1.29 is 4.79 Å². The zero-order valence-corrected chi connectivity index (χ0v) is 6.79. The number of primary amides is 1. The quantitative estimate of drug-likeness (QED) is 0.572. The molecule has 0 unspecified atom stereocenters. The van der Waals surface area contributed by atoms with Crippen LogP contribution in [0.25, 0.3) is 0 Å². The van der Waals surface area contributed by atoms with Crippen LogP contribution in [0.3, 0.4) is 0 Å². The first-order chi connectivity index (χ1) is 5.70. The van der Waals surface area contributed by atoms with Crippen LogP contribution in [0, 0.1) is 6.92 Å². The van der Waals surface area contributed by atoms with Crippen LogP contribution in [0.4, 0.5) is 10.5 Å². The number of carbonyl (C=O) groups is 1. The third kappa shape index (κ3) is 2.16. The van der Waals surface area contributed by atoms with Gasteiger partial charge in [0.05, 0.1) is 5.69 Å². The lowest BCUT2D eigenvalue weighted by atomic mass is 10.2. The number of carbonyl (C=O) groups excluding carboxylic acids is 1. The van der Waals surface area contributed by atoms with Gasteiger partial charge in [-0.3, -0.25) is 10.9 Å². The summed E-state index contributed by atoms with van der Waals surface area (Å²) in [6.45, 7) is 1.94. The van der Waals surface area contributed by atoms with E-state index >= 15 is 0 Å². The number of rotatable bonds is 2. The number of aryl methyl sites for hydroxylation is 1. The largest absolute Gasteiger partial charge is 0.350 e. The molecule has 0 saturated heterocycles. The van der Waals surface area contributed by atoms with Crippen molar-refractivity contribution in [3.05, 3.63) is 29.8 Å². The van der Waals surface area contributed by atoms with E-state index in [1.807, 2.05) is 31.2 Å². The van der Waals surface area contributed by atoms with Crippen molar-refractivity contribution in [2.45, 2.75) is 6.92 Å². The number of amides is 2. The van der Waals surface area contributed by atoms with Gasteiger partial charge in [0.1, 0.15) is 0 Å². The lowest BCUT2D eigenvalue weighted by Crippen LogP contribution is -2.34. The van der Waals surface area contributed by atoms with Gasteiger partial charge in [0.2, 0.25) is 0 Å². The Hall–Kier alpha value is -1.71. The van der Waals surface area contributed by atoms with Gasteiger partial charge in [-0.05, 0) is 18.6 Å². The van der Waals surface area contributed by atoms with Crippen LogP contribution in [0.5, 0.6) is 0 Å². The molecule has 1 rings (SSSR count). The Morgan fingerprint density at radius 1 is 1.42 bits per heavy atom. The molecule has 0 aliphatic heterocycles. The van der Waals surface area contributed by atoms with Crippen LogP contribution in [0.1, 0.15) is 5.56 Å². The van der Waals surface area contributed by atoms with Gasteiger partial charge in [-0.15, -0.1) is 0 Å². The minimum atomic E-state index is -0.599. The van der Waals surface area contributed by atoms with Crippen LogP contribution in [-0.4, -0.2) is 6.03 Å². The van der Waals surface area contributed by atoms with E-state index in [1.165, 1.54) is 0 Å². The molecule has 0 atom stereocenters. The summed E-state index contributed by atoms with van der Waals surface area (Å²) in [7, 11) is 0. The number of urea groups is 1. The lowest BCUT2D eigenvalue weighted by molar-refractivity contribution is 0.250. The van der Waals surface area contributed by atoms with E-state index in [2.05, 4.69) is 10.9 Å². The summed E-state index contributed by atoms with van der Waals surface area (Å²) in [5, 5.41) is 0. The van der Waals surface area contributed by atoms with Gasteiger partial charge in [-0.1, -0.05) is 18.2 Å². The molecule has 12 heavy (non-hydrogen) atoms. The van der Waals surface area contributed by atoms with Gasteiger partial charge in [-0.2, -0.15) is 0 Å².